The summed E-state index contributed by atoms with van der Waals surface area (Å²) in [5, 5.41) is 12.9. The topological polar surface area (TPSA) is 51.0 Å². The van der Waals surface area contributed by atoms with Crippen LogP contribution in [0.3, 0.4) is 0 Å². The van der Waals surface area contributed by atoms with Crippen molar-refractivity contribution in [3.8, 4) is 11.5 Å². The molecule has 0 aliphatic carbocycles. The zero-order chi connectivity index (χ0) is 17.9. The van der Waals surface area contributed by atoms with E-state index in [1.165, 1.54) is 25.7 Å². The number of rotatable bonds is 10. The standard InChI is InChI=1S/C21H27NO3/c1-3-4-5-6-7-16-25-20-14-10-18(11-15-20)21(22-23)17-8-12-19(24-2)13-9-17/h8-15,23H,3-7,16H2,1-2H3/b22-21+. The molecule has 0 saturated heterocycles. The van der Waals surface area contributed by atoms with Crippen LogP contribution in [0.1, 0.15) is 50.2 Å². The molecule has 0 bridgehead atoms. The number of methoxy groups -OCH3 is 1. The van der Waals surface area contributed by atoms with Crippen LogP contribution < -0.4 is 9.47 Å². The first-order chi connectivity index (χ1) is 12.3. The molecule has 0 amide bonds. The van der Waals surface area contributed by atoms with Gasteiger partial charge in [-0.2, -0.15) is 0 Å². The molecule has 0 atom stereocenters. The van der Waals surface area contributed by atoms with E-state index in [-0.39, 0.29) is 0 Å². The first kappa shape index (κ1) is 18.8. The second kappa shape index (κ2) is 10.4. The molecule has 0 aromatic heterocycles. The van der Waals surface area contributed by atoms with Gasteiger partial charge in [0.15, 0.2) is 0 Å². The second-order valence-electron chi connectivity index (χ2n) is 5.96. The highest BCUT2D eigenvalue weighted by molar-refractivity contribution is 6.12. The summed E-state index contributed by atoms with van der Waals surface area (Å²) in [6.07, 6.45) is 6.12. The van der Waals surface area contributed by atoms with Gasteiger partial charge in [0, 0.05) is 11.1 Å². The van der Waals surface area contributed by atoms with Crippen molar-refractivity contribution in [2.45, 2.75) is 39.0 Å². The largest absolute Gasteiger partial charge is 0.497 e. The highest BCUT2D eigenvalue weighted by Gasteiger charge is 2.08. The van der Waals surface area contributed by atoms with Crippen LogP contribution >= 0.6 is 0 Å². The number of oxime groups is 1. The van der Waals surface area contributed by atoms with Crippen molar-refractivity contribution in [1.29, 1.82) is 0 Å². The molecule has 0 unspecified atom stereocenters. The highest BCUT2D eigenvalue weighted by atomic mass is 16.5. The van der Waals surface area contributed by atoms with Crippen LogP contribution in [0.25, 0.3) is 0 Å². The minimum atomic E-state index is 0.522. The maximum atomic E-state index is 9.40. The summed E-state index contributed by atoms with van der Waals surface area (Å²) in [4.78, 5) is 0. The molecule has 25 heavy (non-hydrogen) atoms. The molecule has 0 fully saturated rings. The summed E-state index contributed by atoms with van der Waals surface area (Å²) >= 11 is 0. The Morgan fingerprint density at radius 2 is 1.40 bits per heavy atom. The summed E-state index contributed by atoms with van der Waals surface area (Å²) < 4.78 is 10.9. The molecule has 2 aromatic rings. The van der Waals surface area contributed by atoms with Gasteiger partial charge >= 0.3 is 0 Å². The van der Waals surface area contributed by atoms with Crippen molar-refractivity contribution >= 4 is 5.71 Å². The summed E-state index contributed by atoms with van der Waals surface area (Å²) in [6, 6.07) is 15.1. The predicted octanol–water partition coefficient (Wildman–Crippen LogP) is 5.27. The Morgan fingerprint density at radius 1 is 0.840 bits per heavy atom. The van der Waals surface area contributed by atoms with Gasteiger partial charge in [-0.15, -0.1) is 0 Å². The van der Waals surface area contributed by atoms with Gasteiger partial charge in [-0.1, -0.05) is 37.8 Å². The molecule has 0 heterocycles. The third-order valence-electron chi connectivity index (χ3n) is 4.11. The summed E-state index contributed by atoms with van der Waals surface area (Å²) in [6.45, 7) is 2.95. The monoisotopic (exact) mass is 341 g/mol. The van der Waals surface area contributed by atoms with Gasteiger partial charge in [-0.3, -0.25) is 0 Å². The molecule has 0 aliphatic heterocycles. The third kappa shape index (κ3) is 5.82. The van der Waals surface area contributed by atoms with Crippen molar-refractivity contribution in [3.63, 3.8) is 0 Å². The van der Waals surface area contributed by atoms with E-state index in [9.17, 15) is 5.21 Å². The maximum absolute atomic E-state index is 9.40. The van der Waals surface area contributed by atoms with Crippen molar-refractivity contribution in [2.24, 2.45) is 5.16 Å². The SMILES string of the molecule is CCCCCCCOc1ccc(/C(=N/O)c2ccc(OC)cc2)cc1. The lowest BCUT2D eigenvalue weighted by Gasteiger charge is -2.09. The smallest absolute Gasteiger partial charge is 0.119 e. The number of unbranched alkanes of at least 4 members (excludes halogenated alkanes) is 4. The molecular weight excluding hydrogens is 314 g/mol. The Hall–Kier alpha value is -2.49. The van der Waals surface area contributed by atoms with E-state index in [0.29, 0.717) is 5.71 Å². The van der Waals surface area contributed by atoms with Gasteiger partial charge < -0.3 is 14.7 Å². The average molecular weight is 341 g/mol. The van der Waals surface area contributed by atoms with Gasteiger partial charge in [0.1, 0.15) is 17.2 Å². The summed E-state index contributed by atoms with van der Waals surface area (Å²) in [5.41, 5.74) is 2.18. The molecule has 4 nitrogen and oxygen atoms in total. The Balaban J connectivity index is 1.93. The molecule has 0 saturated carbocycles. The average Bonchev–Trinajstić information content (AvgIpc) is 2.67. The van der Waals surface area contributed by atoms with Crippen LogP contribution in [-0.4, -0.2) is 24.6 Å². The van der Waals surface area contributed by atoms with Crippen LogP contribution in [0.2, 0.25) is 0 Å². The second-order valence-corrected chi connectivity index (χ2v) is 5.96. The zero-order valence-corrected chi connectivity index (χ0v) is 15.1. The minimum Gasteiger partial charge on any atom is -0.497 e. The molecule has 0 aliphatic rings. The van der Waals surface area contributed by atoms with Crippen LogP contribution in [-0.2, 0) is 0 Å². The molecule has 0 radical (unpaired) electrons. The van der Waals surface area contributed by atoms with Crippen LogP contribution in [0.15, 0.2) is 53.7 Å². The fraction of sp³-hybridized carbons (Fsp3) is 0.381. The van der Waals surface area contributed by atoms with Crippen molar-refractivity contribution < 1.29 is 14.7 Å². The van der Waals surface area contributed by atoms with Crippen LogP contribution in [0.5, 0.6) is 11.5 Å². The fourth-order valence-corrected chi connectivity index (χ4v) is 2.64. The maximum Gasteiger partial charge on any atom is 0.119 e. The lowest BCUT2D eigenvalue weighted by molar-refractivity contribution is 0.304. The third-order valence-corrected chi connectivity index (χ3v) is 4.11. The van der Waals surface area contributed by atoms with E-state index >= 15 is 0 Å². The van der Waals surface area contributed by atoms with E-state index in [2.05, 4.69) is 12.1 Å². The van der Waals surface area contributed by atoms with E-state index < -0.39 is 0 Å². The molecule has 134 valence electrons. The van der Waals surface area contributed by atoms with Crippen molar-refractivity contribution in [1.82, 2.24) is 0 Å². The normalized spacial score (nSPS) is 11.4. The first-order valence-corrected chi connectivity index (χ1v) is 8.88. The minimum absolute atomic E-state index is 0.522. The Kier molecular flexibility index (Phi) is 7.83. The molecular formula is C21H27NO3. The van der Waals surface area contributed by atoms with Crippen molar-refractivity contribution in [3.05, 3.63) is 59.7 Å². The van der Waals surface area contributed by atoms with Crippen LogP contribution in [0, 0.1) is 0 Å². The first-order valence-electron chi connectivity index (χ1n) is 8.88. The van der Waals surface area contributed by atoms with Gasteiger partial charge in [-0.05, 0) is 55.0 Å². The fourth-order valence-electron chi connectivity index (χ4n) is 2.64. The lowest BCUT2D eigenvalue weighted by Crippen LogP contribution is -2.04. The van der Waals surface area contributed by atoms with Gasteiger partial charge in [-0.25, -0.2) is 0 Å². The molecule has 4 heteroatoms. The molecule has 0 spiro atoms. The lowest BCUT2D eigenvalue weighted by atomic mass is 10.0. The Morgan fingerprint density at radius 3 is 1.92 bits per heavy atom. The molecule has 2 aromatic carbocycles. The van der Waals surface area contributed by atoms with Crippen LogP contribution in [0.4, 0.5) is 0 Å². The van der Waals surface area contributed by atoms with E-state index in [1.807, 2.05) is 48.5 Å². The Bertz CT molecular complexity index is 648. The number of nitrogens with zero attached hydrogens (tertiary/aromatic N) is 1. The Labute approximate surface area is 150 Å². The quantitative estimate of drug-likeness (QED) is 0.277. The highest BCUT2D eigenvalue weighted by Crippen LogP contribution is 2.19. The van der Waals surface area contributed by atoms with Crippen molar-refractivity contribution in [2.75, 3.05) is 13.7 Å². The van der Waals surface area contributed by atoms with E-state index in [0.717, 1.165) is 35.7 Å². The predicted molar refractivity (Wildman–Crippen MR) is 101 cm³/mol. The molecule has 1 N–H and O–H groups in total. The zero-order valence-electron chi connectivity index (χ0n) is 15.1. The number of benzene rings is 2. The summed E-state index contributed by atoms with van der Waals surface area (Å²) in [7, 11) is 1.62. The number of hydrogen-bond acceptors (Lipinski definition) is 4. The number of ether oxygens (including phenoxy) is 2. The van der Waals surface area contributed by atoms with Gasteiger partial charge in [0.25, 0.3) is 0 Å². The van der Waals surface area contributed by atoms with Gasteiger partial charge in [0.2, 0.25) is 0 Å². The van der Waals surface area contributed by atoms with E-state index in [1.54, 1.807) is 7.11 Å². The van der Waals surface area contributed by atoms with E-state index in [4.69, 9.17) is 9.47 Å². The summed E-state index contributed by atoms with van der Waals surface area (Å²) in [5.74, 6) is 1.61. The molecule has 2 rings (SSSR count). The number of hydrogen-bond donors (Lipinski definition) is 1. The van der Waals surface area contributed by atoms with Gasteiger partial charge in [0.05, 0.1) is 13.7 Å².